The topological polar surface area (TPSA) is 68.5 Å². The minimum atomic E-state index is -0.286. The molecule has 0 saturated carbocycles. The van der Waals surface area contributed by atoms with Crippen LogP contribution < -0.4 is 10.1 Å². The number of hydrogen-bond donors (Lipinski definition) is 1. The van der Waals surface area contributed by atoms with E-state index in [9.17, 15) is 4.79 Å². The van der Waals surface area contributed by atoms with E-state index in [0.29, 0.717) is 22.1 Å². The van der Waals surface area contributed by atoms with E-state index in [-0.39, 0.29) is 5.91 Å². The summed E-state index contributed by atoms with van der Waals surface area (Å²) in [6.45, 7) is 1.95. The number of aromatic nitrogens is 3. The fourth-order valence-corrected chi connectivity index (χ4v) is 2.46. The van der Waals surface area contributed by atoms with Crippen LogP contribution in [-0.2, 0) is 0 Å². The molecular formula is C13H12N4O2S. The van der Waals surface area contributed by atoms with Crippen LogP contribution >= 0.6 is 11.3 Å². The highest BCUT2D eigenvalue weighted by atomic mass is 32.1. The number of imidazole rings is 1. The number of nitrogens with zero attached hydrogens (tertiary/aromatic N) is 3. The zero-order valence-corrected chi connectivity index (χ0v) is 11.8. The molecule has 0 atom stereocenters. The molecule has 1 amide bonds. The van der Waals surface area contributed by atoms with Gasteiger partial charge in [0.25, 0.3) is 5.91 Å². The molecule has 2 aromatic heterocycles. The molecule has 20 heavy (non-hydrogen) atoms. The lowest BCUT2D eigenvalue weighted by molar-refractivity contribution is 0.102. The molecule has 2 heterocycles. The summed E-state index contributed by atoms with van der Waals surface area (Å²) in [6.07, 6.45) is 1.60. The Balaban J connectivity index is 1.88. The van der Waals surface area contributed by atoms with Crippen molar-refractivity contribution >= 4 is 27.9 Å². The maximum atomic E-state index is 12.2. The lowest BCUT2D eigenvalue weighted by atomic mass is 10.2. The van der Waals surface area contributed by atoms with Gasteiger partial charge in [-0.05, 0) is 24.6 Å². The van der Waals surface area contributed by atoms with Gasteiger partial charge >= 0.3 is 0 Å². The summed E-state index contributed by atoms with van der Waals surface area (Å²) in [4.78, 5) is 17.1. The molecule has 0 radical (unpaired) electrons. The van der Waals surface area contributed by atoms with Crippen LogP contribution in [-0.4, -0.2) is 27.6 Å². The zero-order valence-electron chi connectivity index (χ0n) is 11.0. The fraction of sp³-hybridized carbons (Fsp3) is 0.154. The molecule has 6 nitrogen and oxygen atoms in total. The van der Waals surface area contributed by atoms with E-state index in [2.05, 4.69) is 15.4 Å². The van der Waals surface area contributed by atoms with Crippen molar-refractivity contribution in [2.75, 3.05) is 12.4 Å². The van der Waals surface area contributed by atoms with Crippen molar-refractivity contribution in [2.45, 2.75) is 6.92 Å². The standard InChI is InChI=1S/C13H12N4O2S/c1-8-3-4-11(19-2)9(5-8)15-12(18)10-6-17-13(16-10)20-7-14-17/h3-7H,1-2H3,(H,15,18). The van der Waals surface area contributed by atoms with Crippen LogP contribution in [0.25, 0.3) is 4.96 Å². The normalized spacial score (nSPS) is 10.7. The van der Waals surface area contributed by atoms with Gasteiger partial charge < -0.3 is 10.1 Å². The van der Waals surface area contributed by atoms with E-state index < -0.39 is 0 Å². The van der Waals surface area contributed by atoms with Gasteiger partial charge in [0.1, 0.15) is 17.0 Å². The summed E-state index contributed by atoms with van der Waals surface area (Å²) < 4.78 is 6.81. The quantitative estimate of drug-likeness (QED) is 0.803. The Labute approximate surface area is 119 Å². The van der Waals surface area contributed by atoms with Gasteiger partial charge in [-0.1, -0.05) is 17.4 Å². The lowest BCUT2D eigenvalue weighted by Crippen LogP contribution is -2.13. The van der Waals surface area contributed by atoms with Crippen LogP contribution in [0, 0.1) is 6.92 Å². The predicted octanol–water partition coefficient (Wildman–Crippen LogP) is 2.36. The van der Waals surface area contributed by atoms with E-state index >= 15 is 0 Å². The SMILES string of the molecule is COc1ccc(C)cc1NC(=O)c1cn2ncsc2n1. The molecular weight excluding hydrogens is 276 g/mol. The van der Waals surface area contributed by atoms with Crippen molar-refractivity contribution in [1.82, 2.24) is 14.6 Å². The first-order valence-corrected chi connectivity index (χ1v) is 6.80. The van der Waals surface area contributed by atoms with Crippen LogP contribution in [0.4, 0.5) is 5.69 Å². The molecule has 0 spiro atoms. The van der Waals surface area contributed by atoms with Crippen molar-refractivity contribution in [2.24, 2.45) is 0 Å². The van der Waals surface area contributed by atoms with E-state index in [4.69, 9.17) is 4.74 Å². The second-order valence-corrected chi connectivity index (χ2v) is 5.06. The molecule has 0 unspecified atom stereocenters. The van der Waals surface area contributed by atoms with Crippen LogP contribution in [0.15, 0.2) is 29.9 Å². The van der Waals surface area contributed by atoms with Crippen molar-refractivity contribution in [3.8, 4) is 5.75 Å². The van der Waals surface area contributed by atoms with E-state index in [1.165, 1.54) is 11.3 Å². The summed E-state index contributed by atoms with van der Waals surface area (Å²) in [7, 11) is 1.57. The number of anilines is 1. The summed E-state index contributed by atoms with van der Waals surface area (Å²) in [5, 5.41) is 6.85. The summed E-state index contributed by atoms with van der Waals surface area (Å²) in [5.74, 6) is 0.328. The Morgan fingerprint density at radius 2 is 2.30 bits per heavy atom. The smallest absolute Gasteiger partial charge is 0.276 e. The van der Waals surface area contributed by atoms with E-state index in [1.54, 1.807) is 23.3 Å². The number of nitrogens with one attached hydrogen (secondary N) is 1. The van der Waals surface area contributed by atoms with Crippen molar-refractivity contribution in [3.05, 3.63) is 41.2 Å². The van der Waals surface area contributed by atoms with Crippen LogP contribution in [0.5, 0.6) is 5.75 Å². The molecule has 0 aliphatic heterocycles. The summed E-state index contributed by atoms with van der Waals surface area (Å²) in [6, 6.07) is 5.59. The molecule has 0 aliphatic carbocycles. The van der Waals surface area contributed by atoms with Gasteiger partial charge in [0.2, 0.25) is 4.96 Å². The highest BCUT2D eigenvalue weighted by molar-refractivity contribution is 7.14. The van der Waals surface area contributed by atoms with Gasteiger partial charge in [0.05, 0.1) is 19.0 Å². The molecule has 1 N–H and O–H groups in total. The first-order valence-electron chi connectivity index (χ1n) is 5.92. The van der Waals surface area contributed by atoms with Gasteiger partial charge in [-0.15, -0.1) is 0 Å². The third-order valence-electron chi connectivity index (χ3n) is 2.82. The predicted molar refractivity (Wildman–Crippen MR) is 76.5 cm³/mol. The number of rotatable bonds is 3. The molecule has 1 aromatic carbocycles. The van der Waals surface area contributed by atoms with Crippen LogP contribution in [0.3, 0.4) is 0 Å². The number of hydrogen-bond acceptors (Lipinski definition) is 5. The molecule has 3 rings (SSSR count). The Bertz CT molecular complexity index is 749. The Morgan fingerprint density at radius 3 is 3.05 bits per heavy atom. The average molecular weight is 288 g/mol. The molecule has 0 fully saturated rings. The molecule has 7 heteroatoms. The van der Waals surface area contributed by atoms with Crippen LogP contribution in [0.1, 0.15) is 16.1 Å². The molecule has 0 aliphatic rings. The number of amides is 1. The first kappa shape index (κ1) is 12.6. The minimum Gasteiger partial charge on any atom is -0.495 e. The maximum absolute atomic E-state index is 12.2. The summed E-state index contributed by atoms with van der Waals surface area (Å²) >= 11 is 1.38. The number of methoxy groups -OCH3 is 1. The Hall–Kier alpha value is -2.41. The fourth-order valence-electron chi connectivity index (χ4n) is 1.85. The zero-order chi connectivity index (χ0) is 14.1. The molecule has 102 valence electrons. The third kappa shape index (κ3) is 2.23. The second-order valence-electron chi connectivity index (χ2n) is 4.25. The number of benzene rings is 1. The van der Waals surface area contributed by atoms with Gasteiger partial charge in [-0.3, -0.25) is 4.79 Å². The Morgan fingerprint density at radius 1 is 1.45 bits per heavy atom. The van der Waals surface area contributed by atoms with Crippen molar-refractivity contribution in [1.29, 1.82) is 0 Å². The number of carbonyl (C=O) groups excluding carboxylic acids is 1. The van der Waals surface area contributed by atoms with Crippen LogP contribution in [0.2, 0.25) is 0 Å². The number of fused-ring (bicyclic) bond motifs is 1. The monoisotopic (exact) mass is 288 g/mol. The van der Waals surface area contributed by atoms with Gasteiger partial charge in [-0.25, -0.2) is 9.50 Å². The van der Waals surface area contributed by atoms with E-state index in [0.717, 1.165) is 5.56 Å². The number of ether oxygens (including phenoxy) is 1. The van der Waals surface area contributed by atoms with Gasteiger partial charge in [0.15, 0.2) is 0 Å². The highest BCUT2D eigenvalue weighted by Crippen LogP contribution is 2.25. The first-order chi connectivity index (χ1) is 9.67. The van der Waals surface area contributed by atoms with Gasteiger partial charge in [-0.2, -0.15) is 5.10 Å². The van der Waals surface area contributed by atoms with E-state index in [1.807, 2.05) is 25.1 Å². The minimum absolute atomic E-state index is 0.286. The third-order valence-corrected chi connectivity index (χ3v) is 3.51. The maximum Gasteiger partial charge on any atom is 0.276 e. The van der Waals surface area contributed by atoms with Gasteiger partial charge in [0, 0.05) is 0 Å². The Kier molecular flexibility index (Phi) is 3.11. The number of carbonyl (C=O) groups is 1. The van der Waals surface area contributed by atoms with Crippen molar-refractivity contribution in [3.63, 3.8) is 0 Å². The number of aryl methyl sites for hydroxylation is 1. The lowest BCUT2D eigenvalue weighted by Gasteiger charge is -2.09. The highest BCUT2D eigenvalue weighted by Gasteiger charge is 2.14. The largest absolute Gasteiger partial charge is 0.495 e. The second kappa shape index (κ2) is 4.93. The van der Waals surface area contributed by atoms with Crippen molar-refractivity contribution < 1.29 is 9.53 Å². The molecule has 0 bridgehead atoms. The average Bonchev–Trinajstić information content (AvgIpc) is 2.99. The summed E-state index contributed by atoms with van der Waals surface area (Å²) in [5.41, 5.74) is 3.66. The molecule has 0 saturated heterocycles. The molecule has 3 aromatic rings.